The highest BCUT2D eigenvalue weighted by Gasteiger charge is 2.63. The molecule has 8 heterocycles. The summed E-state index contributed by atoms with van der Waals surface area (Å²) >= 11 is 14.3. The van der Waals surface area contributed by atoms with Crippen molar-refractivity contribution < 1.29 is 85.1 Å². The van der Waals surface area contributed by atoms with Gasteiger partial charge in [-0.25, -0.2) is 9.97 Å². The van der Waals surface area contributed by atoms with Crippen LogP contribution >= 0.6 is 23.2 Å². The van der Waals surface area contributed by atoms with Gasteiger partial charge in [-0.2, -0.15) is 9.97 Å². The first-order valence-electron chi connectivity index (χ1n) is 46.1. The SMILES string of the molecule is C=C[C@@H]1C[C@]1(CC(=O)[C@@H]1C[C@@H](Oc2cc(-c3coc(NC(C)C)n3)nc3c(Cl)c(OCCN4CCCCC4)ccc23)CN1C(=O)[C@@H](CC(=O)OC1C[C@@H]2C[C@@H]2C1)C(C)(C)C)C(=O)OC.C=C[C@@H]1C[C@]1(CC(=O)[C@@H]1C[C@@H](Oc2cc(-c3coc(NC(C)C)n3)nc3c(Cl)c(OCCN4CCNCC4)ccc23)CN1C(=O)[C@@H](CC(=O)OC1C[C@@H]2C[C@@H]2C1)C(C)(C)C)C(=O)OC. The van der Waals surface area contributed by atoms with Crippen LogP contribution in [0.3, 0.4) is 0 Å². The Morgan fingerprint density at radius 3 is 1.30 bits per heavy atom. The summed E-state index contributed by atoms with van der Waals surface area (Å²) in [4.78, 5) is 139. The van der Waals surface area contributed by atoms with Crippen LogP contribution in [0.25, 0.3) is 44.6 Å². The van der Waals surface area contributed by atoms with Gasteiger partial charge in [-0.15, -0.1) is 13.2 Å². The number of halogens is 2. The van der Waals surface area contributed by atoms with Crippen LogP contribution in [0.2, 0.25) is 10.0 Å². The normalized spacial score (nSPS) is 26.9. The van der Waals surface area contributed by atoms with Crippen LogP contribution in [0, 0.1) is 69.0 Å². The molecular weight excluding hydrogens is 1680 g/mol. The van der Waals surface area contributed by atoms with Crippen LogP contribution in [0.4, 0.5) is 12.0 Å². The quantitative estimate of drug-likeness (QED) is 0.0187. The summed E-state index contributed by atoms with van der Waals surface area (Å²) < 4.78 is 59.9. The number of piperidine rings is 1. The first kappa shape index (κ1) is 93.3. The van der Waals surface area contributed by atoms with Crippen LogP contribution in [-0.4, -0.2) is 228 Å². The molecule has 16 atom stereocenters. The molecule has 10 aliphatic rings. The van der Waals surface area contributed by atoms with Gasteiger partial charge in [-0.3, -0.25) is 48.2 Å². The van der Waals surface area contributed by atoms with E-state index in [2.05, 4.69) is 48.9 Å². The standard InChI is InChI=1S/C49H64ClN5O9.C48H63ClN6O9/c1-8-31-24-49(31,46(59)60-7)25-39(56)38-21-33(26-55(38)45(58)35(48(4,5)6)22-42(57)64-32-19-29-18-30(29)20-32)63-41-23-36(37-27-62-47(53-37)51-28(2)3)52-44-34(41)12-13-40(43(44)50)61-17-16-54-14-10-9-11-15-54;1-8-30-23-48(30,45(59)60-7)24-38(56)37-20-32(25-55(37)44(58)34(47(4,5)6)21-41(57)64-31-18-28-17-29(28)19-31)63-40-22-35(36-26-62-46(53-36)51-27(2)3)52-43-33(40)9-10-39(42(43)49)61-16-15-54-13-11-50-12-14-54/h8,12-13,23,27-33,35,38H,1,9-11,14-22,24-26H2,2-7H3,(H,51,53);8-10,22,26-32,34,37,50H,1,11-21,23-25H2,2-7H3,(H,51,53)/t29-,30+,31-,32?,33-,35-,38+,49-;28-,29+,30-,31?,32-,34-,37+,48-/m11/s1. The maximum Gasteiger partial charge on any atom is 0.312 e. The summed E-state index contributed by atoms with van der Waals surface area (Å²) in [5.41, 5.74) is -0.800. The number of fused-ring (bicyclic) bond motifs is 4. The van der Waals surface area contributed by atoms with Gasteiger partial charge in [0.1, 0.15) is 94.6 Å². The van der Waals surface area contributed by atoms with Crippen LogP contribution in [0.5, 0.6) is 23.0 Å². The van der Waals surface area contributed by atoms with Gasteiger partial charge in [0, 0.05) is 99.9 Å². The van der Waals surface area contributed by atoms with Crippen molar-refractivity contribution >= 4 is 104 Å². The number of pyridine rings is 2. The number of ketones is 2. The zero-order valence-electron chi connectivity index (χ0n) is 76.1. The summed E-state index contributed by atoms with van der Waals surface area (Å²) in [6, 6.07) is 9.75. The fourth-order valence-electron chi connectivity index (χ4n) is 20.2. The molecule has 4 saturated heterocycles. The summed E-state index contributed by atoms with van der Waals surface area (Å²) in [7, 11) is 2.63. The second-order valence-corrected chi connectivity index (χ2v) is 40.7. The van der Waals surface area contributed by atoms with E-state index in [9.17, 15) is 38.4 Å². The largest absolute Gasteiger partial charge is 0.491 e. The number of rotatable bonds is 36. The Kier molecular flexibility index (Phi) is 28.4. The molecule has 2 amide bonds. The third-order valence-corrected chi connectivity index (χ3v) is 28.6. The molecule has 2 aromatic carbocycles. The average molecular weight is 1810 g/mol. The van der Waals surface area contributed by atoms with Gasteiger partial charge in [-0.1, -0.05) is 83.3 Å². The highest BCUT2D eigenvalue weighted by molar-refractivity contribution is 6.37. The molecule has 6 aliphatic carbocycles. The molecule has 4 aromatic heterocycles. The van der Waals surface area contributed by atoms with E-state index in [-0.39, 0.29) is 111 Å². The molecule has 31 heteroatoms. The number of ether oxygens (including phenoxy) is 8. The van der Waals surface area contributed by atoms with Gasteiger partial charge in [0.2, 0.25) is 11.8 Å². The van der Waals surface area contributed by atoms with Crippen molar-refractivity contribution in [3.05, 3.63) is 84.3 Å². The van der Waals surface area contributed by atoms with Gasteiger partial charge in [0.15, 0.2) is 11.6 Å². The Balaban J connectivity index is 0.000000197. The number of carbonyl (C=O) groups is 8. The highest BCUT2D eigenvalue weighted by atomic mass is 35.5. The number of benzene rings is 2. The third kappa shape index (κ3) is 21.3. The monoisotopic (exact) mass is 1800 g/mol. The highest BCUT2D eigenvalue weighted by Crippen LogP contribution is 2.60. The predicted octanol–water partition coefficient (Wildman–Crippen LogP) is 15.0. The predicted molar refractivity (Wildman–Crippen MR) is 483 cm³/mol. The summed E-state index contributed by atoms with van der Waals surface area (Å²) in [5.74, 6) is -0.731. The molecule has 3 N–H and O–H groups in total. The lowest BCUT2D eigenvalue weighted by Crippen LogP contribution is -2.48. The first-order valence-corrected chi connectivity index (χ1v) is 46.8. The van der Waals surface area contributed by atoms with Gasteiger partial charge >= 0.3 is 23.9 Å². The number of hydrogen-bond acceptors (Lipinski definition) is 27. The number of esters is 4. The average Bonchev–Trinajstić information content (AvgIpc) is 1.58. The summed E-state index contributed by atoms with van der Waals surface area (Å²) in [5, 5.41) is 11.5. The number of amides is 2. The van der Waals surface area contributed by atoms with Crippen molar-refractivity contribution in [2.75, 3.05) is 104 Å². The van der Waals surface area contributed by atoms with E-state index in [1.807, 2.05) is 87.4 Å². The van der Waals surface area contributed by atoms with Crippen molar-refractivity contribution in [3.63, 3.8) is 0 Å². The van der Waals surface area contributed by atoms with Crippen molar-refractivity contribution in [2.24, 2.45) is 69.0 Å². The smallest absolute Gasteiger partial charge is 0.312 e. The van der Waals surface area contributed by atoms with Crippen LogP contribution in [0.15, 0.2) is 83.1 Å². The molecular formula is C97H127Cl2N11O18. The van der Waals surface area contributed by atoms with Gasteiger partial charge < -0.3 is 72.5 Å². The van der Waals surface area contributed by atoms with Crippen LogP contribution < -0.4 is 34.9 Å². The molecule has 29 nitrogen and oxygen atoms in total. The van der Waals surface area contributed by atoms with E-state index >= 15 is 0 Å². The second-order valence-electron chi connectivity index (χ2n) is 40.0. The number of nitrogens with one attached hydrogen (secondary N) is 3. The molecule has 128 heavy (non-hydrogen) atoms. The number of methoxy groups -OCH3 is 2. The fraction of sp³-hybridized carbons (Fsp3) is 0.629. The van der Waals surface area contributed by atoms with E-state index in [4.69, 9.17) is 79.9 Å². The number of allylic oxidation sites excluding steroid dienone is 2. The number of Topliss-reactive ketones (excluding diaryl/α,β-unsaturated/α-hetero) is 2. The Bertz CT molecular complexity index is 4790. The van der Waals surface area contributed by atoms with E-state index in [1.54, 1.807) is 40.2 Å². The number of oxazole rings is 2. The number of anilines is 2. The molecule has 2 unspecified atom stereocenters. The molecule has 6 aromatic rings. The zero-order valence-corrected chi connectivity index (χ0v) is 77.6. The molecule has 6 saturated carbocycles. The van der Waals surface area contributed by atoms with Crippen molar-refractivity contribution in [3.8, 4) is 45.8 Å². The van der Waals surface area contributed by atoms with Gasteiger partial charge in [-0.05, 0) is 176 Å². The number of likely N-dealkylation sites (tertiary alicyclic amines) is 3. The molecule has 0 spiro atoms. The molecule has 0 bridgehead atoms. The Labute approximate surface area is 759 Å². The van der Waals surface area contributed by atoms with Gasteiger partial charge in [0.25, 0.3) is 12.0 Å². The minimum Gasteiger partial charge on any atom is -0.491 e. The van der Waals surface area contributed by atoms with E-state index in [0.717, 1.165) is 78.0 Å². The molecule has 4 aliphatic heterocycles. The molecule has 16 rings (SSSR count). The number of nitrogens with zero attached hydrogens (tertiary/aromatic N) is 8. The van der Waals surface area contributed by atoms with E-state index < -0.39 is 81.7 Å². The minimum absolute atomic E-state index is 0.0471. The summed E-state index contributed by atoms with van der Waals surface area (Å²) in [6.45, 7) is 35.6. The van der Waals surface area contributed by atoms with Crippen molar-refractivity contribution in [1.82, 2.24) is 44.9 Å². The topological polar surface area (TPSA) is 337 Å². The number of carbonyl (C=O) groups excluding carboxylic acids is 8. The van der Waals surface area contributed by atoms with Crippen LogP contribution in [-0.2, 0) is 57.3 Å². The molecule has 0 radical (unpaired) electrons. The lowest BCUT2D eigenvalue weighted by atomic mass is 9.77. The minimum atomic E-state index is -1.05. The Hall–Kier alpha value is -9.42. The van der Waals surface area contributed by atoms with Crippen LogP contribution in [0.1, 0.15) is 178 Å². The van der Waals surface area contributed by atoms with Gasteiger partial charge in [0.05, 0.1) is 97.3 Å². The van der Waals surface area contributed by atoms with E-state index in [1.165, 1.54) is 58.9 Å². The molecule has 10 fully saturated rings. The molecule has 692 valence electrons. The first-order chi connectivity index (χ1) is 61.1. The fourth-order valence-corrected chi connectivity index (χ4v) is 20.7. The Morgan fingerprint density at radius 1 is 0.531 bits per heavy atom. The maximum atomic E-state index is 15.0. The Morgan fingerprint density at radius 2 is 0.930 bits per heavy atom. The van der Waals surface area contributed by atoms with E-state index in [0.29, 0.717) is 139 Å². The maximum absolute atomic E-state index is 15.0. The lowest BCUT2D eigenvalue weighted by Gasteiger charge is -2.35. The van der Waals surface area contributed by atoms with Crippen molar-refractivity contribution in [1.29, 1.82) is 0 Å². The number of hydrogen-bond donors (Lipinski definition) is 3. The number of aromatic nitrogens is 4. The summed E-state index contributed by atoms with van der Waals surface area (Å²) in [6.07, 6.45) is 14.9. The number of piperazine rings is 1. The third-order valence-electron chi connectivity index (χ3n) is 27.9. The second kappa shape index (κ2) is 38.9. The van der Waals surface area contributed by atoms with Crippen molar-refractivity contribution in [2.45, 2.75) is 227 Å². The lowest BCUT2D eigenvalue weighted by molar-refractivity contribution is -0.157. The zero-order chi connectivity index (χ0) is 91.0.